The molecule has 2 fully saturated rings. The van der Waals surface area contributed by atoms with Gasteiger partial charge in [0.2, 0.25) is 5.91 Å². The Kier molecular flexibility index (Phi) is 5.73. The highest BCUT2D eigenvalue weighted by atomic mass is 32.1. The number of carbonyl (C=O) groups excluding carboxylic acids is 1. The van der Waals surface area contributed by atoms with Gasteiger partial charge in [0.15, 0.2) is 0 Å². The van der Waals surface area contributed by atoms with E-state index in [9.17, 15) is 10.1 Å². The molecule has 0 N–H and O–H groups in total. The van der Waals surface area contributed by atoms with E-state index < -0.39 is 0 Å². The molecule has 1 spiro atoms. The number of carbonyl (C=O) groups is 1. The lowest BCUT2D eigenvalue weighted by molar-refractivity contribution is -0.141. The van der Waals surface area contributed by atoms with Gasteiger partial charge in [-0.05, 0) is 43.0 Å². The number of rotatable bonds is 4. The van der Waals surface area contributed by atoms with E-state index >= 15 is 0 Å². The molecule has 0 bridgehead atoms. The van der Waals surface area contributed by atoms with Crippen LogP contribution in [0, 0.1) is 30.6 Å². The van der Waals surface area contributed by atoms with Crippen LogP contribution in [0.25, 0.3) is 32.5 Å². The summed E-state index contributed by atoms with van der Waals surface area (Å²) < 4.78 is 0. The summed E-state index contributed by atoms with van der Waals surface area (Å²) in [5, 5.41) is 11.5. The van der Waals surface area contributed by atoms with E-state index in [2.05, 4.69) is 53.2 Å². The number of likely N-dealkylation sites (tertiary alicyclic amines) is 1. The number of hydrogen-bond acceptors (Lipinski definition) is 6. The number of anilines is 1. The number of fused-ring (bicyclic) bond motifs is 1. The minimum Gasteiger partial charge on any atom is -0.355 e. The summed E-state index contributed by atoms with van der Waals surface area (Å²) >= 11 is 1.63. The first kappa shape index (κ1) is 23.6. The first-order chi connectivity index (χ1) is 17.9. The van der Waals surface area contributed by atoms with E-state index in [0.717, 1.165) is 82.1 Å². The zero-order valence-electron chi connectivity index (χ0n) is 21.4. The van der Waals surface area contributed by atoms with E-state index in [0.29, 0.717) is 12.0 Å². The first-order valence-electron chi connectivity index (χ1n) is 12.8. The van der Waals surface area contributed by atoms with Gasteiger partial charge in [0.1, 0.15) is 17.5 Å². The maximum Gasteiger partial charge on any atom is 0.222 e. The van der Waals surface area contributed by atoms with Crippen molar-refractivity contribution in [1.82, 2.24) is 14.9 Å². The minimum absolute atomic E-state index is 0.0959. The summed E-state index contributed by atoms with van der Waals surface area (Å²) in [5.74, 6) is 0.974. The molecule has 0 unspecified atom stereocenters. The van der Waals surface area contributed by atoms with Crippen molar-refractivity contribution in [3.05, 3.63) is 64.8 Å². The Balaban J connectivity index is 1.50. The molecule has 2 aromatic heterocycles. The third kappa shape index (κ3) is 3.87. The summed E-state index contributed by atoms with van der Waals surface area (Å²) in [6.07, 6.45) is 1.55. The summed E-state index contributed by atoms with van der Waals surface area (Å²) in [7, 11) is 0. The van der Waals surface area contributed by atoms with Crippen LogP contribution in [0.1, 0.15) is 36.6 Å². The third-order valence-electron chi connectivity index (χ3n) is 7.95. The predicted octanol–water partition coefficient (Wildman–Crippen LogP) is 5.96. The van der Waals surface area contributed by atoms with Gasteiger partial charge in [0.25, 0.3) is 0 Å². The highest BCUT2D eigenvalue weighted by molar-refractivity contribution is 7.13. The van der Waals surface area contributed by atoms with Crippen LogP contribution in [0.5, 0.6) is 0 Å². The van der Waals surface area contributed by atoms with Crippen molar-refractivity contribution in [2.75, 3.05) is 31.1 Å². The highest BCUT2D eigenvalue weighted by Crippen LogP contribution is 2.45. The molecule has 2 aliphatic rings. The molecule has 2 saturated heterocycles. The highest BCUT2D eigenvalue weighted by Gasteiger charge is 2.49. The van der Waals surface area contributed by atoms with E-state index in [-0.39, 0.29) is 11.3 Å². The Labute approximate surface area is 221 Å². The molecule has 6 nitrogen and oxygen atoms in total. The van der Waals surface area contributed by atoms with Gasteiger partial charge in [0.05, 0.1) is 21.6 Å². The maximum absolute atomic E-state index is 12.2. The van der Waals surface area contributed by atoms with Crippen molar-refractivity contribution in [2.24, 2.45) is 5.41 Å². The first-order valence-corrected chi connectivity index (χ1v) is 13.7. The van der Waals surface area contributed by atoms with Gasteiger partial charge >= 0.3 is 0 Å². The number of pyridine rings is 1. The zero-order valence-corrected chi connectivity index (χ0v) is 22.2. The topological polar surface area (TPSA) is 73.1 Å². The van der Waals surface area contributed by atoms with Gasteiger partial charge in [-0.25, -0.2) is 9.97 Å². The maximum atomic E-state index is 12.2. The molecular formula is C30H29N5OS. The van der Waals surface area contributed by atoms with Crippen LogP contribution in [-0.2, 0) is 4.79 Å². The average molecular weight is 508 g/mol. The molecule has 2 aliphatic heterocycles. The number of benzene rings is 2. The molecule has 6 rings (SSSR count). The van der Waals surface area contributed by atoms with E-state index in [1.165, 1.54) is 0 Å². The van der Waals surface area contributed by atoms with Gasteiger partial charge in [0, 0.05) is 49.0 Å². The van der Waals surface area contributed by atoms with Crippen molar-refractivity contribution in [3.8, 4) is 27.6 Å². The van der Waals surface area contributed by atoms with Crippen LogP contribution in [-0.4, -0.2) is 47.0 Å². The standard InChI is InChI=1S/C30H29N5OS/c1-4-26(36)35-16-30(17-35)11-12-34(15-30)29-24(14-31)27(22-8-6-5-7-19(22)2)23-10-9-21(13-25(23)33-29)28-20(3)32-18-37-28/h5-10,13,18H,4,11-12,15-17H2,1-3H3. The Morgan fingerprint density at radius 1 is 1.16 bits per heavy atom. The van der Waals surface area contributed by atoms with Crippen molar-refractivity contribution in [1.29, 1.82) is 5.26 Å². The lowest BCUT2D eigenvalue weighted by Gasteiger charge is -2.48. The summed E-state index contributed by atoms with van der Waals surface area (Å²) in [6, 6.07) is 17.1. The predicted molar refractivity (Wildman–Crippen MR) is 149 cm³/mol. The number of thiazole rings is 1. The minimum atomic E-state index is 0.0959. The molecule has 0 aliphatic carbocycles. The van der Waals surface area contributed by atoms with Crippen LogP contribution >= 0.6 is 11.3 Å². The molecular weight excluding hydrogens is 478 g/mol. The third-order valence-corrected chi connectivity index (χ3v) is 8.92. The molecule has 0 radical (unpaired) electrons. The summed E-state index contributed by atoms with van der Waals surface area (Å²) in [6.45, 7) is 9.28. The van der Waals surface area contributed by atoms with Crippen molar-refractivity contribution >= 4 is 34.0 Å². The van der Waals surface area contributed by atoms with E-state index in [4.69, 9.17) is 4.98 Å². The fourth-order valence-corrected chi connectivity index (χ4v) is 6.78. The number of aromatic nitrogens is 2. The Hall–Kier alpha value is -3.76. The van der Waals surface area contributed by atoms with Crippen molar-refractivity contribution in [3.63, 3.8) is 0 Å². The number of hydrogen-bond donors (Lipinski definition) is 0. The zero-order chi connectivity index (χ0) is 25.7. The Bertz CT molecular complexity index is 1580. The Morgan fingerprint density at radius 3 is 2.68 bits per heavy atom. The van der Waals surface area contributed by atoms with Crippen molar-refractivity contribution < 1.29 is 4.79 Å². The van der Waals surface area contributed by atoms with Gasteiger partial charge < -0.3 is 9.80 Å². The average Bonchev–Trinajstić information content (AvgIpc) is 3.53. The fourth-order valence-electron chi connectivity index (χ4n) is 5.98. The van der Waals surface area contributed by atoms with Crippen LogP contribution in [0.2, 0.25) is 0 Å². The van der Waals surface area contributed by atoms with Gasteiger partial charge in [-0.2, -0.15) is 5.26 Å². The number of nitrogens with zero attached hydrogens (tertiary/aromatic N) is 5. The second kappa shape index (κ2) is 8.97. The van der Waals surface area contributed by atoms with Gasteiger partial charge in [-0.15, -0.1) is 11.3 Å². The lowest BCUT2D eigenvalue weighted by atomic mass is 9.79. The Morgan fingerprint density at radius 2 is 1.97 bits per heavy atom. The number of amides is 1. The number of nitriles is 1. The van der Waals surface area contributed by atoms with Crippen LogP contribution in [0.3, 0.4) is 0 Å². The molecule has 7 heteroatoms. The molecule has 37 heavy (non-hydrogen) atoms. The molecule has 2 aromatic carbocycles. The van der Waals surface area contributed by atoms with E-state index in [1.807, 2.05) is 36.4 Å². The lowest BCUT2D eigenvalue weighted by Crippen LogP contribution is -2.59. The molecule has 0 saturated carbocycles. The molecule has 186 valence electrons. The van der Waals surface area contributed by atoms with E-state index in [1.54, 1.807) is 11.3 Å². The summed E-state index contributed by atoms with van der Waals surface area (Å²) in [5.41, 5.74) is 8.73. The summed E-state index contributed by atoms with van der Waals surface area (Å²) in [4.78, 5) is 27.1. The monoisotopic (exact) mass is 507 g/mol. The SMILES string of the molecule is CCC(=O)N1CC2(CCN(c3nc4cc(-c5scnc5C)ccc4c(-c4ccccc4C)c3C#N)C2)C1. The molecule has 0 atom stereocenters. The fraction of sp³-hybridized carbons (Fsp3) is 0.333. The van der Waals surface area contributed by atoms with Crippen LogP contribution in [0.4, 0.5) is 5.82 Å². The number of aryl methyl sites for hydroxylation is 2. The van der Waals surface area contributed by atoms with Crippen LogP contribution < -0.4 is 4.90 Å². The van der Waals surface area contributed by atoms with Gasteiger partial charge in [-0.3, -0.25) is 4.79 Å². The quantitative estimate of drug-likeness (QED) is 0.341. The second-order valence-electron chi connectivity index (χ2n) is 10.4. The molecule has 4 heterocycles. The smallest absolute Gasteiger partial charge is 0.222 e. The largest absolute Gasteiger partial charge is 0.355 e. The normalized spacial score (nSPS) is 16.3. The van der Waals surface area contributed by atoms with Crippen LogP contribution in [0.15, 0.2) is 48.0 Å². The van der Waals surface area contributed by atoms with Gasteiger partial charge in [-0.1, -0.05) is 43.3 Å². The van der Waals surface area contributed by atoms with Crippen molar-refractivity contribution in [2.45, 2.75) is 33.6 Å². The second-order valence-corrected chi connectivity index (χ2v) is 11.2. The molecule has 4 aromatic rings. The molecule has 1 amide bonds.